The Labute approximate surface area is 136 Å². The van der Waals surface area contributed by atoms with Crippen LogP contribution in [0.2, 0.25) is 5.28 Å². The monoisotopic (exact) mass is 339 g/mol. The number of halogens is 1. The molecule has 1 aliphatic heterocycles. The van der Waals surface area contributed by atoms with Gasteiger partial charge in [-0.3, -0.25) is 20.3 Å². The Morgan fingerprint density at radius 3 is 2.57 bits per heavy atom. The molecule has 23 heavy (non-hydrogen) atoms. The molecule has 1 saturated heterocycles. The maximum Gasteiger partial charge on any atom is 0.329 e. The predicted molar refractivity (Wildman–Crippen MR) is 79.8 cm³/mol. The summed E-state index contributed by atoms with van der Waals surface area (Å²) >= 11 is 5.72. The second-order valence-corrected chi connectivity index (χ2v) is 5.84. The molecule has 9 nitrogen and oxygen atoms in total. The molecule has 1 aromatic heterocycles. The third-order valence-corrected chi connectivity index (χ3v) is 4.34. The normalized spacial score (nSPS) is 21.7. The van der Waals surface area contributed by atoms with Gasteiger partial charge in [0.1, 0.15) is 6.20 Å². The summed E-state index contributed by atoms with van der Waals surface area (Å²) in [4.78, 5) is 21.6. The zero-order chi connectivity index (χ0) is 16.5. The molecule has 1 saturated carbocycles. The Morgan fingerprint density at radius 1 is 1.35 bits per heavy atom. The topological polar surface area (TPSA) is 104 Å². The van der Waals surface area contributed by atoms with Gasteiger partial charge in [-0.25, -0.2) is 11.6 Å². The summed E-state index contributed by atoms with van der Waals surface area (Å²) in [5.41, 5.74) is -1.31. The van der Waals surface area contributed by atoms with Crippen molar-refractivity contribution in [1.82, 2.24) is 9.97 Å². The highest BCUT2D eigenvalue weighted by molar-refractivity contribution is 6.28. The highest BCUT2D eigenvalue weighted by Crippen LogP contribution is 2.43. The Morgan fingerprint density at radius 2 is 2.00 bits per heavy atom. The van der Waals surface area contributed by atoms with Crippen LogP contribution in [0, 0.1) is 16.7 Å². The van der Waals surface area contributed by atoms with Crippen molar-refractivity contribution >= 4 is 23.1 Å². The minimum Gasteiger partial charge on any atom is -0.348 e. The van der Waals surface area contributed by atoms with E-state index in [0.717, 1.165) is 6.20 Å². The van der Waals surface area contributed by atoms with Crippen molar-refractivity contribution in [3.05, 3.63) is 33.0 Å². The van der Waals surface area contributed by atoms with Gasteiger partial charge in [0.15, 0.2) is 5.79 Å². The fraction of sp³-hybridized carbons (Fsp3) is 0.615. The Bertz CT molecular complexity index is 661. The van der Waals surface area contributed by atoms with Crippen LogP contribution in [0.25, 0.3) is 4.85 Å². The van der Waals surface area contributed by atoms with E-state index in [1.807, 2.05) is 0 Å². The molecule has 2 aliphatic rings. The lowest BCUT2D eigenvalue weighted by Gasteiger charge is -2.36. The van der Waals surface area contributed by atoms with Crippen LogP contribution < -0.4 is 5.32 Å². The minimum atomic E-state index is -0.997. The van der Waals surface area contributed by atoms with Crippen molar-refractivity contribution in [2.75, 3.05) is 18.5 Å². The smallest absolute Gasteiger partial charge is 0.329 e. The summed E-state index contributed by atoms with van der Waals surface area (Å²) in [5.74, 6) is -0.666. The zero-order valence-electron chi connectivity index (χ0n) is 12.1. The zero-order valence-corrected chi connectivity index (χ0v) is 12.9. The predicted octanol–water partition coefficient (Wildman–Crippen LogP) is 2.38. The van der Waals surface area contributed by atoms with Gasteiger partial charge < -0.3 is 9.47 Å². The van der Waals surface area contributed by atoms with Gasteiger partial charge in [-0.2, -0.15) is 4.98 Å². The molecular weight excluding hydrogens is 326 g/mol. The first-order valence-electron chi connectivity index (χ1n) is 7.09. The number of hydrogen-bond acceptors (Lipinski definition) is 7. The van der Waals surface area contributed by atoms with E-state index in [1.54, 1.807) is 0 Å². The molecule has 1 aliphatic carbocycles. The third-order valence-electron chi connectivity index (χ3n) is 4.15. The van der Waals surface area contributed by atoms with Gasteiger partial charge >= 0.3 is 11.4 Å². The van der Waals surface area contributed by atoms with E-state index in [9.17, 15) is 10.1 Å². The van der Waals surface area contributed by atoms with Gasteiger partial charge in [0, 0.05) is 12.8 Å². The fourth-order valence-corrected chi connectivity index (χ4v) is 3.03. The first kappa shape index (κ1) is 15.9. The lowest BCUT2D eigenvalue weighted by Crippen LogP contribution is -2.46. The average Bonchev–Trinajstić information content (AvgIpc) is 2.98. The molecule has 1 spiro atoms. The standard InChI is InChI=1S/C13H14ClN5O4/c1-15-12(2-4-13(5-3-12)22-6-7-23-13)18-10-9(19(20)21)8-16-11(14)17-10/h8H,2-7H2,(H,16,17,18). The molecule has 0 atom stereocenters. The fourth-order valence-electron chi connectivity index (χ4n) is 2.89. The summed E-state index contributed by atoms with van der Waals surface area (Å²) in [7, 11) is 0. The van der Waals surface area contributed by atoms with Crippen molar-refractivity contribution in [1.29, 1.82) is 0 Å². The van der Waals surface area contributed by atoms with Crippen molar-refractivity contribution in [3.63, 3.8) is 0 Å². The summed E-state index contributed by atoms with van der Waals surface area (Å²) in [6.07, 6.45) is 2.96. The number of nitrogens with one attached hydrogen (secondary N) is 1. The van der Waals surface area contributed by atoms with Crippen molar-refractivity contribution in [3.8, 4) is 0 Å². The number of rotatable bonds is 3. The minimum absolute atomic E-state index is 0.0461. The van der Waals surface area contributed by atoms with E-state index in [1.165, 1.54) is 0 Å². The molecule has 2 fully saturated rings. The molecule has 1 aromatic rings. The van der Waals surface area contributed by atoms with Crippen molar-refractivity contribution in [2.24, 2.45) is 0 Å². The van der Waals surface area contributed by atoms with Gasteiger partial charge in [0.2, 0.25) is 11.1 Å². The molecule has 2 heterocycles. The van der Waals surface area contributed by atoms with Crippen LogP contribution in [0.3, 0.4) is 0 Å². The summed E-state index contributed by atoms with van der Waals surface area (Å²) in [5, 5.41) is 13.9. The molecule has 0 bridgehead atoms. The third kappa shape index (κ3) is 3.06. The molecule has 0 radical (unpaired) electrons. The average molecular weight is 340 g/mol. The van der Waals surface area contributed by atoms with Crippen LogP contribution in [0.1, 0.15) is 25.7 Å². The van der Waals surface area contributed by atoms with Gasteiger partial charge in [-0.05, 0) is 11.6 Å². The Hall–Kier alpha value is -2.02. The number of aromatic nitrogens is 2. The number of hydrogen-bond donors (Lipinski definition) is 1. The molecule has 1 N–H and O–H groups in total. The van der Waals surface area contributed by atoms with Crippen LogP contribution in [0.4, 0.5) is 11.5 Å². The van der Waals surface area contributed by atoms with E-state index in [0.29, 0.717) is 38.9 Å². The number of ether oxygens (including phenoxy) is 2. The van der Waals surface area contributed by atoms with Gasteiger partial charge in [-0.1, -0.05) is 0 Å². The largest absolute Gasteiger partial charge is 0.348 e. The Kier molecular flexibility index (Phi) is 4.06. The van der Waals surface area contributed by atoms with Crippen LogP contribution in [-0.4, -0.2) is 39.6 Å². The lowest BCUT2D eigenvalue weighted by molar-refractivity contribution is -0.384. The number of anilines is 1. The molecule has 0 amide bonds. The van der Waals surface area contributed by atoms with E-state index >= 15 is 0 Å². The Balaban J connectivity index is 1.82. The number of nitro groups is 1. The highest BCUT2D eigenvalue weighted by atomic mass is 35.5. The van der Waals surface area contributed by atoms with Crippen LogP contribution in [-0.2, 0) is 9.47 Å². The molecular formula is C13H14ClN5O4. The van der Waals surface area contributed by atoms with Gasteiger partial charge in [0.25, 0.3) is 0 Å². The SMILES string of the molecule is [C-]#[N+]C1(Nc2nc(Cl)ncc2[N+](=O)[O-])CCC2(CC1)OCCO2. The van der Waals surface area contributed by atoms with E-state index < -0.39 is 16.4 Å². The molecule has 3 rings (SSSR count). The highest BCUT2D eigenvalue weighted by Gasteiger charge is 2.51. The van der Waals surface area contributed by atoms with Crippen molar-refractivity contribution in [2.45, 2.75) is 37.1 Å². The molecule has 0 aromatic carbocycles. The van der Waals surface area contributed by atoms with Crippen LogP contribution in [0.15, 0.2) is 6.20 Å². The van der Waals surface area contributed by atoms with E-state index in [4.69, 9.17) is 27.6 Å². The quantitative estimate of drug-likeness (QED) is 0.390. The molecule has 122 valence electrons. The maximum atomic E-state index is 11.1. The van der Waals surface area contributed by atoms with Crippen LogP contribution in [0.5, 0.6) is 0 Å². The summed E-state index contributed by atoms with van der Waals surface area (Å²) in [6, 6.07) is 0. The second-order valence-electron chi connectivity index (χ2n) is 5.51. The lowest BCUT2D eigenvalue weighted by atomic mass is 9.85. The maximum absolute atomic E-state index is 11.1. The van der Waals surface area contributed by atoms with E-state index in [-0.39, 0.29) is 16.8 Å². The first-order chi connectivity index (χ1) is 11.0. The first-order valence-corrected chi connectivity index (χ1v) is 7.47. The van der Waals surface area contributed by atoms with Gasteiger partial charge in [0.05, 0.1) is 31.0 Å². The molecule has 0 unspecified atom stereocenters. The summed E-state index contributed by atoms with van der Waals surface area (Å²) in [6.45, 7) is 8.61. The summed E-state index contributed by atoms with van der Waals surface area (Å²) < 4.78 is 11.3. The van der Waals surface area contributed by atoms with Gasteiger partial charge in [-0.15, -0.1) is 0 Å². The van der Waals surface area contributed by atoms with Crippen molar-refractivity contribution < 1.29 is 14.4 Å². The van der Waals surface area contributed by atoms with E-state index in [2.05, 4.69) is 20.1 Å². The second kappa shape index (κ2) is 5.88. The molecule has 10 heteroatoms. The van der Waals surface area contributed by atoms with Crippen LogP contribution >= 0.6 is 11.6 Å². The number of nitrogens with zero attached hydrogens (tertiary/aromatic N) is 4.